The van der Waals surface area contributed by atoms with Crippen LogP contribution in [0.5, 0.6) is 5.75 Å². The summed E-state index contributed by atoms with van der Waals surface area (Å²) < 4.78 is 32.6. The van der Waals surface area contributed by atoms with E-state index < -0.39 is 0 Å². The number of halogens is 1. The highest BCUT2D eigenvalue weighted by atomic mass is 35.5. The maximum absolute atomic E-state index is 6.12. The van der Waals surface area contributed by atoms with Crippen molar-refractivity contribution in [1.82, 2.24) is 0 Å². The van der Waals surface area contributed by atoms with Gasteiger partial charge in [-0.3, -0.25) is 0 Å². The Kier molecular flexibility index (Phi) is 24.3. The van der Waals surface area contributed by atoms with E-state index in [9.17, 15) is 0 Å². The van der Waals surface area contributed by atoms with Gasteiger partial charge in [-0.25, -0.2) is 0 Å². The number of hydrogen-bond acceptors (Lipinski definition) is 6. The van der Waals surface area contributed by atoms with E-state index >= 15 is 0 Å². The van der Waals surface area contributed by atoms with E-state index in [1.165, 1.54) is 35.6 Å². The van der Waals surface area contributed by atoms with Gasteiger partial charge in [0.1, 0.15) is 5.75 Å². The second kappa shape index (κ2) is 26.5. The number of allylic oxidation sites excluding steroid dienone is 1. The molecule has 8 heteroatoms. The number of hydrogen-bond donors (Lipinski definition) is 0. The van der Waals surface area contributed by atoms with E-state index in [0.29, 0.717) is 19.1 Å². The quantitative estimate of drug-likeness (QED) is 0.150. The summed E-state index contributed by atoms with van der Waals surface area (Å²) in [5.74, 6) is 1.29. The van der Waals surface area contributed by atoms with Gasteiger partial charge in [0.05, 0.1) is 35.9 Å². The van der Waals surface area contributed by atoms with Crippen LogP contribution in [-0.4, -0.2) is 46.9 Å². The van der Waals surface area contributed by atoms with Crippen molar-refractivity contribution in [2.75, 3.05) is 40.6 Å². The molecule has 3 aromatic carbocycles. The predicted molar refractivity (Wildman–Crippen MR) is 244 cm³/mol. The van der Waals surface area contributed by atoms with Gasteiger partial charge in [0.25, 0.3) is 0 Å². The van der Waals surface area contributed by atoms with E-state index in [2.05, 4.69) is 121 Å². The molecule has 0 saturated carbocycles. The molecule has 0 spiro atoms. The summed E-state index contributed by atoms with van der Waals surface area (Å²) in [6.45, 7) is 36.3. The Morgan fingerprint density at radius 2 is 1.39 bits per heavy atom. The molecule has 2 saturated heterocycles. The van der Waals surface area contributed by atoms with Crippen LogP contribution in [0.2, 0.25) is 5.02 Å². The first-order valence-corrected chi connectivity index (χ1v) is 20.9. The first-order chi connectivity index (χ1) is 26.5. The number of fused-ring (bicyclic) bond motifs is 1. The van der Waals surface area contributed by atoms with E-state index in [0.717, 1.165) is 64.7 Å². The van der Waals surface area contributed by atoms with Crippen molar-refractivity contribution in [2.24, 2.45) is 16.7 Å². The number of rotatable bonds is 10. The summed E-state index contributed by atoms with van der Waals surface area (Å²) in [5.41, 5.74) is 6.63. The van der Waals surface area contributed by atoms with Gasteiger partial charge in [-0.15, -0.1) is 0 Å². The Balaban J connectivity index is 0.000000394. The monoisotopic (exact) mass is 812 g/mol. The molecule has 2 aliphatic rings. The van der Waals surface area contributed by atoms with E-state index in [1.54, 1.807) is 14.2 Å². The molecule has 5 rings (SSSR count). The molecule has 2 heterocycles. The van der Waals surface area contributed by atoms with Gasteiger partial charge < -0.3 is 28.2 Å². The van der Waals surface area contributed by atoms with Crippen molar-refractivity contribution in [3.63, 3.8) is 0 Å². The van der Waals surface area contributed by atoms with Crippen LogP contribution in [0, 0.1) is 16.7 Å². The number of methoxy groups -OCH3 is 1. The molecule has 2 atom stereocenters. The molecule has 56 heavy (non-hydrogen) atoms. The van der Waals surface area contributed by atoms with Crippen molar-refractivity contribution in [1.29, 1.82) is 0 Å². The second-order valence-corrected chi connectivity index (χ2v) is 16.9. The molecular weight excluding hydrogens is 739 g/mol. The van der Waals surface area contributed by atoms with Gasteiger partial charge in [0.15, 0.2) is 12.6 Å². The number of ether oxygens (including phenoxy) is 5. The number of unbranched alkanes of at least 4 members (excludes halogenated alkanes) is 1. The van der Waals surface area contributed by atoms with Crippen LogP contribution in [0.1, 0.15) is 118 Å². The Bertz CT molecular complexity index is 1610. The zero-order valence-corrected chi connectivity index (χ0v) is 38.7. The fourth-order valence-corrected chi connectivity index (χ4v) is 6.03. The zero-order chi connectivity index (χ0) is 42.5. The first kappa shape index (κ1) is 51.5. The maximum Gasteiger partial charge on any atom is 0.184 e. The smallest absolute Gasteiger partial charge is 0.184 e. The summed E-state index contributed by atoms with van der Waals surface area (Å²) in [6.07, 6.45) is 5.16. The van der Waals surface area contributed by atoms with Crippen molar-refractivity contribution in [3.05, 3.63) is 107 Å². The first-order valence-electron chi connectivity index (χ1n) is 20.0. The second-order valence-electron chi connectivity index (χ2n) is 16.2. The Morgan fingerprint density at radius 3 is 1.89 bits per heavy atom. The van der Waals surface area contributed by atoms with Crippen LogP contribution in [0.15, 0.2) is 85.5 Å². The van der Waals surface area contributed by atoms with Crippen molar-refractivity contribution in [2.45, 2.75) is 114 Å². The number of benzene rings is 3. The summed E-state index contributed by atoms with van der Waals surface area (Å²) >= 11 is 6.12. The minimum atomic E-state index is -0.297. The summed E-state index contributed by atoms with van der Waals surface area (Å²) in [5, 5.41) is 3.14. The van der Waals surface area contributed by atoms with Gasteiger partial charge in [-0.2, -0.15) is 0 Å². The lowest BCUT2D eigenvalue weighted by molar-refractivity contribution is -0.226. The van der Waals surface area contributed by atoms with Gasteiger partial charge in [-0.05, 0) is 77.8 Å². The Labute approximate surface area is 348 Å². The van der Waals surface area contributed by atoms with Crippen LogP contribution in [0.4, 0.5) is 0 Å². The van der Waals surface area contributed by atoms with Crippen LogP contribution in [-0.2, 0) is 30.1 Å². The zero-order valence-electron chi connectivity index (χ0n) is 36.8. The topological polar surface area (TPSA) is 55.4 Å². The third-order valence-corrected chi connectivity index (χ3v) is 9.50. The lowest BCUT2D eigenvalue weighted by Gasteiger charge is -2.36. The third kappa shape index (κ3) is 17.5. The molecule has 0 aromatic heterocycles. The molecule has 0 aliphatic carbocycles. The molecule has 0 radical (unpaired) electrons. The Hall–Kier alpha value is -2.54. The van der Waals surface area contributed by atoms with E-state index in [4.69, 9.17) is 35.1 Å². The fourth-order valence-electron chi connectivity index (χ4n) is 5.65. The summed E-state index contributed by atoms with van der Waals surface area (Å²) in [4.78, 5) is 0. The highest BCUT2D eigenvalue weighted by molar-refractivity contribution is 7.10. The largest absolute Gasteiger partial charge is 0.480 e. The van der Waals surface area contributed by atoms with Gasteiger partial charge in [0, 0.05) is 46.8 Å². The van der Waals surface area contributed by atoms with Gasteiger partial charge in [-0.1, -0.05) is 143 Å². The number of aryl methyl sites for hydroxylation is 1. The van der Waals surface area contributed by atoms with Gasteiger partial charge in [0.2, 0.25) is 0 Å². The SMILES string of the molecule is C=C(C(=C)C1OCC(C)(C)CO1)C(C)CC.C=C(C)c1c(OP)ccc2ccccc12.CCC.CCCCc1ccc(Cl)cc1C1OCC(C)(C)CO1.COC. The lowest BCUT2D eigenvalue weighted by Crippen LogP contribution is -2.38. The molecule has 2 fully saturated rings. The predicted octanol–water partition coefficient (Wildman–Crippen LogP) is 14.0. The molecule has 6 nitrogen and oxygen atoms in total. The minimum Gasteiger partial charge on any atom is -0.480 e. The third-order valence-electron chi connectivity index (χ3n) is 9.01. The summed E-state index contributed by atoms with van der Waals surface area (Å²) in [7, 11) is 5.53. The van der Waals surface area contributed by atoms with Crippen LogP contribution in [0.25, 0.3) is 16.3 Å². The van der Waals surface area contributed by atoms with Crippen molar-refractivity contribution in [3.8, 4) is 5.75 Å². The van der Waals surface area contributed by atoms with Gasteiger partial charge >= 0.3 is 0 Å². The normalized spacial score (nSPS) is 16.5. The average molecular weight is 814 g/mol. The molecule has 0 N–H and O–H groups in total. The van der Waals surface area contributed by atoms with E-state index in [1.807, 2.05) is 37.3 Å². The molecular formula is C48H74ClO6P. The molecule has 2 aliphatic heterocycles. The molecule has 0 bridgehead atoms. The molecule has 0 amide bonds. The molecule has 314 valence electrons. The van der Waals surface area contributed by atoms with Crippen LogP contribution >= 0.6 is 21.1 Å². The molecule has 2 unspecified atom stereocenters. The van der Waals surface area contributed by atoms with E-state index in [-0.39, 0.29) is 23.4 Å². The lowest BCUT2D eigenvalue weighted by atomic mass is 9.92. The standard InChI is InChI=1S/C16H23ClO2.C14H24O2.C13H13OP.C3H8.C2H6O/c1-4-5-6-12-7-8-13(17)9-14(12)15-18-10-16(2,3)11-19-15;1-7-10(2)11(3)12(4)13-15-8-14(5,6)9-16-13;1-9(2)13-11-6-4-3-5-10(11)7-8-12(13)14-15;2*1-3-2/h7-9,15H,4-6,10-11H2,1-3H3;10,13H,3-4,7-9H2,1-2,5-6H3;3-8H,1,15H2,2H3;3H2,1-2H3;1-2H3. The van der Waals surface area contributed by atoms with Crippen molar-refractivity contribution >= 4 is 37.4 Å². The van der Waals surface area contributed by atoms with Crippen LogP contribution < -0.4 is 4.52 Å². The summed E-state index contributed by atoms with van der Waals surface area (Å²) in [6, 6.07) is 18.3. The average Bonchev–Trinajstić information content (AvgIpc) is 3.17. The highest BCUT2D eigenvalue weighted by Crippen LogP contribution is 2.35. The minimum absolute atomic E-state index is 0.0959. The Morgan fingerprint density at radius 1 is 0.857 bits per heavy atom. The molecule has 3 aromatic rings. The van der Waals surface area contributed by atoms with Crippen LogP contribution in [0.3, 0.4) is 0 Å². The maximum atomic E-state index is 6.12. The van der Waals surface area contributed by atoms with Crippen molar-refractivity contribution < 1.29 is 28.2 Å². The highest BCUT2D eigenvalue weighted by Gasteiger charge is 2.31. The fraction of sp³-hybridized carbons (Fsp3) is 0.542.